The van der Waals surface area contributed by atoms with Gasteiger partial charge in [0.05, 0.1) is 25.8 Å². The standard InChI is InChI=1S/C27H27FN2O4S/c1-33-20-9-10-21(23(15-20)34-2)27(32)30(19-7-8-19)16-25(31)29-13-11-24-22(12-14-35-24)26(29)17-3-5-18(28)6-4-17/h3-6,9-10,12,14-15,19,26H,7-8,11,13,16H2,1-2H3. The van der Waals surface area contributed by atoms with E-state index in [0.717, 1.165) is 30.4 Å². The fourth-order valence-electron chi connectivity index (χ4n) is 4.71. The molecule has 1 fully saturated rings. The summed E-state index contributed by atoms with van der Waals surface area (Å²) in [7, 11) is 3.07. The lowest BCUT2D eigenvalue weighted by molar-refractivity contribution is -0.134. The molecule has 1 aliphatic heterocycles. The molecule has 0 saturated heterocycles. The van der Waals surface area contributed by atoms with Crippen molar-refractivity contribution in [3.8, 4) is 11.5 Å². The van der Waals surface area contributed by atoms with E-state index < -0.39 is 0 Å². The number of halogens is 1. The molecule has 0 N–H and O–H groups in total. The highest BCUT2D eigenvalue weighted by molar-refractivity contribution is 7.10. The minimum absolute atomic E-state index is 0.0180. The molecule has 1 aliphatic carbocycles. The van der Waals surface area contributed by atoms with Gasteiger partial charge in [0, 0.05) is 23.5 Å². The Balaban J connectivity index is 1.43. The van der Waals surface area contributed by atoms with Gasteiger partial charge in [-0.05, 0) is 66.1 Å². The van der Waals surface area contributed by atoms with Crippen LogP contribution in [0.15, 0.2) is 53.9 Å². The van der Waals surface area contributed by atoms with Crippen LogP contribution in [0.5, 0.6) is 11.5 Å². The van der Waals surface area contributed by atoms with E-state index >= 15 is 0 Å². The van der Waals surface area contributed by atoms with Crippen molar-refractivity contribution < 1.29 is 23.5 Å². The van der Waals surface area contributed by atoms with E-state index in [1.54, 1.807) is 53.7 Å². The summed E-state index contributed by atoms with van der Waals surface area (Å²) in [6, 6.07) is 13.2. The Morgan fingerprint density at radius 3 is 2.54 bits per heavy atom. The van der Waals surface area contributed by atoms with Gasteiger partial charge < -0.3 is 19.3 Å². The number of ether oxygens (including phenoxy) is 2. The molecule has 1 atom stereocenters. The molecule has 2 aliphatic rings. The molecule has 2 heterocycles. The molecule has 0 bridgehead atoms. The monoisotopic (exact) mass is 494 g/mol. The van der Waals surface area contributed by atoms with Gasteiger partial charge in [0.15, 0.2) is 0 Å². The van der Waals surface area contributed by atoms with E-state index in [9.17, 15) is 14.0 Å². The molecule has 1 saturated carbocycles. The molecule has 0 spiro atoms. The highest BCUT2D eigenvalue weighted by Crippen LogP contribution is 2.39. The minimum Gasteiger partial charge on any atom is -0.497 e. The van der Waals surface area contributed by atoms with Gasteiger partial charge in [-0.15, -0.1) is 11.3 Å². The number of hydrogen-bond acceptors (Lipinski definition) is 5. The van der Waals surface area contributed by atoms with Gasteiger partial charge in [0.25, 0.3) is 5.91 Å². The van der Waals surface area contributed by atoms with E-state index in [2.05, 4.69) is 0 Å². The predicted octanol–water partition coefficient (Wildman–Crippen LogP) is 4.68. The number of methoxy groups -OCH3 is 2. The number of thiophene rings is 1. The van der Waals surface area contributed by atoms with E-state index in [-0.39, 0.29) is 36.3 Å². The first kappa shape index (κ1) is 23.4. The lowest BCUT2D eigenvalue weighted by Gasteiger charge is -2.37. The third kappa shape index (κ3) is 4.62. The first-order valence-electron chi connectivity index (χ1n) is 11.6. The van der Waals surface area contributed by atoms with Crippen LogP contribution in [0.2, 0.25) is 0 Å². The summed E-state index contributed by atoms with van der Waals surface area (Å²) in [4.78, 5) is 32.0. The van der Waals surface area contributed by atoms with Crippen LogP contribution < -0.4 is 9.47 Å². The number of amides is 2. The second-order valence-corrected chi connectivity index (χ2v) is 9.82. The maximum absolute atomic E-state index is 13.7. The molecule has 1 unspecified atom stereocenters. The van der Waals surface area contributed by atoms with Gasteiger partial charge in [-0.1, -0.05) is 12.1 Å². The average molecular weight is 495 g/mol. The van der Waals surface area contributed by atoms with E-state index in [1.165, 1.54) is 24.1 Å². The number of nitrogens with zero attached hydrogens (tertiary/aromatic N) is 2. The van der Waals surface area contributed by atoms with Crippen molar-refractivity contribution >= 4 is 23.2 Å². The molecule has 8 heteroatoms. The SMILES string of the molecule is COc1ccc(C(=O)N(CC(=O)N2CCc3sccc3C2c2ccc(F)cc2)C2CC2)c(OC)c1. The second-order valence-electron chi connectivity index (χ2n) is 8.82. The number of carbonyl (C=O) groups excluding carboxylic acids is 2. The Hall–Kier alpha value is -3.39. The number of benzene rings is 2. The molecule has 6 nitrogen and oxygen atoms in total. The van der Waals surface area contributed by atoms with Crippen LogP contribution in [0.25, 0.3) is 0 Å². The Kier molecular flexibility index (Phi) is 6.47. The topological polar surface area (TPSA) is 59.1 Å². The van der Waals surface area contributed by atoms with Gasteiger partial charge in [-0.2, -0.15) is 0 Å². The summed E-state index contributed by atoms with van der Waals surface area (Å²) in [6.07, 6.45) is 2.50. The highest BCUT2D eigenvalue weighted by atomic mass is 32.1. The van der Waals surface area contributed by atoms with Crippen molar-refractivity contribution in [3.05, 3.63) is 81.3 Å². The van der Waals surface area contributed by atoms with Crippen LogP contribution in [0.3, 0.4) is 0 Å². The first-order valence-corrected chi connectivity index (χ1v) is 12.5. The molecular formula is C27H27FN2O4S. The van der Waals surface area contributed by atoms with Gasteiger partial charge in [0.1, 0.15) is 23.9 Å². The van der Waals surface area contributed by atoms with Crippen molar-refractivity contribution in [2.24, 2.45) is 0 Å². The smallest absolute Gasteiger partial charge is 0.258 e. The van der Waals surface area contributed by atoms with Crippen molar-refractivity contribution in [1.29, 1.82) is 0 Å². The van der Waals surface area contributed by atoms with Gasteiger partial charge in [-0.3, -0.25) is 9.59 Å². The van der Waals surface area contributed by atoms with Crippen LogP contribution in [-0.4, -0.2) is 55.0 Å². The molecule has 1 aromatic heterocycles. The summed E-state index contributed by atoms with van der Waals surface area (Å²) in [5.74, 6) is 0.342. The zero-order valence-electron chi connectivity index (χ0n) is 19.7. The summed E-state index contributed by atoms with van der Waals surface area (Å²) < 4.78 is 24.3. The Bertz CT molecular complexity index is 1240. The normalized spacial score (nSPS) is 17.0. The zero-order chi connectivity index (χ0) is 24.5. The molecule has 35 heavy (non-hydrogen) atoms. The van der Waals surface area contributed by atoms with E-state index in [4.69, 9.17) is 9.47 Å². The summed E-state index contributed by atoms with van der Waals surface area (Å²) in [5.41, 5.74) is 2.34. The van der Waals surface area contributed by atoms with Crippen molar-refractivity contribution in [2.45, 2.75) is 31.3 Å². The molecule has 5 rings (SSSR count). The first-order chi connectivity index (χ1) is 17.0. The van der Waals surface area contributed by atoms with E-state index in [0.29, 0.717) is 23.6 Å². The molecule has 2 amide bonds. The highest BCUT2D eigenvalue weighted by Gasteiger charge is 2.39. The Labute approximate surface area is 207 Å². The molecule has 0 radical (unpaired) electrons. The number of rotatable bonds is 7. The van der Waals surface area contributed by atoms with Crippen LogP contribution in [0.4, 0.5) is 4.39 Å². The third-order valence-corrected chi connectivity index (χ3v) is 7.66. The fourth-order valence-corrected chi connectivity index (χ4v) is 5.61. The van der Waals surface area contributed by atoms with E-state index in [1.807, 2.05) is 16.3 Å². The third-order valence-electron chi connectivity index (χ3n) is 6.67. The predicted molar refractivity (Wildman–Crippen MR) is 132 cm³/mol. The van der Waals surface area contributed by atoms with Crippen LogP contribution >= 0.6 is 11.3 Å². The van der Waals surface area contributed by atoms with Crippen LogP contribution in [0.1, 0.15) is 45.2 Å². The minimum atomic E-state index is -0.313. The average Bonchev–Trinajstić information content (AvgIpc) is 3.61. The van der Waals surface area contributed by atoms with Gasteiger partial charge >= 0.3 is 0 Å². The van der Waals surface area contributed by atoms with Gasteiger partial charge in [-0.25, -0.2) is 4.39 Å². The quantitative estimate of drug-likeness (QED) is 0.479. The van der Waals surface area contributed by atoms with Gasteiger partial charge in [0.2, 0.25) is 5.91 Å². The summed E-state index contributed by atoms with van der Waals surface area (Å²) in [6.45, 7) is 0.531. The number of hydrogen-bond donors (Lipinski definition) is 0. The van der Waals surface area contributed by atoms with Crippen LogP contribution in [-0.2, 0) is 11.2 Å². The van der Waals surface area contributed by atoms with Crippen LogP contribution in [0, 0.1) is 5.82 Å². The fraction of sp³-hybridized carbons (Fsp3) is 0.333. The molecule has 3 aromatic rings. The number of carbonyl (C=O) groups is 2. The summed E-state index contributed by atoms with van der Waals surface area (Å²) in [5, 5.41) is 2.03. The van der Waals surface area contributed by atoms with Crippen molar-refractivity contribution in [1.82, 2.24) is 9.80 Å². The van der Waals surface area contributed by atoms with Crippen molar-refractivity contribution in [3.63, 3.8) is 0 Å². The lowest BCUT2D eigenvalue weighted by Crippen LogP contribution is -2.47. The Morgan fingerprint density at radius 2 is 1.86 bits per heavy atom. The lowest BCUT2D eigenvalue weighted by atomic mass is 9.93. The summed E-state index contributed by atoms with van der Waals surface area (Å²) >= 11 is 1.68. The maximum Gasteiger partial charge on any atom is 0.258 e. The Morgan fingerprint density at radius 1 is 1.09 bits per heavy atom. The largest absolute Gasteiger partial charge is 0.497 e. The maximum atomic E-state index is 13.7. The molecular weight excluding hydrogens is 467 g/mol. The van der Waals surface area contributed by atoms with Crippen molar-refractivity contribution in [2.75, 3.05) is 27.3 Å². The number of fused-ring (bicyclic) bond motifs is 1. The second kappa shape index (κ2) is 9.70. The zero-order valence-corrected chi connectivity index (χ0v) is 20.5. The molecule has 2 aromatic carbocycles. The molecule has 182 valence electrons.